The van der Waals surface area contributed by atoms with E-state index < -0.39 is 5.97 Å². The molecule has 3 nitrogen and oxygen atoms in total. The van der Waals surface area contributed by atoms with Crippen molar-refractivity contribution in [2.45, 2.75) is 64.8 Å². The molecule has 1 rings (SSSR count). The standard InChI is InChI=1S/C13H25NO2/c1-13(2,7-6-10-4-3-5-10)9-11(14)8-12(15)16/h10-11H,3-9,14H2,1-2H3,(H,15,16)/t11-/m1/s1. The third-order valence-electron chi connectivity index (χ3n) is 3.71. The summed E-state index contributed by atoms with van der Waals surface area (Å²) < 4.78 is 0. The van der Waals surface area contributed by atoms with Crippen LogP contribution in [0.2, 0.25) is 0 Å². The van der Waals surface area contributed by atoms with Crippen molar-refractivity contribution in [3.63, 3.8) is 0 Å². The molecule has 0 unspecified atom stereocenters. The van der Waals surface area contributed by atoms with E-state index in [1.54, 1.807) is 0 Å². The number of hydrogen-bond donors (Lipinski definition) is 2. The lowest BCUT2D eigenvalue weighted by atomic mass is 9.74. The number of nitrogens with two attached hydrogens (primary N) is 1. The fourth-order valence-corrected chi connectivity index (χ4v) is 2.48. The van der Waals surface area contributed by atoms with Crippen LogP contribution in [0, 0.1) is 11.3 Å². The van der Waals surface area contributed by atoms with Crippen LogP contribution in [0.15, 0.2) is 0 Å². The van der Waals surface area contributed by atoms with Crippen LogP contribution in [0.1, 0.15) is 58.8 Å². The molecule has 0 amide bonds. The summed E-state index contributed by atoms with van der Waals surface area (Å²) in [5, 5.41) is 8.67. The number of carboxylic acid groups (broad SMARTS) is 1. The molecular formula is C13H25NO2. The van der Waals surface area contributed by atoms with E-state index in [-0.39, 0.29) is 17.9 Å². The summed E-state index contributed by atoms with van der Waals surface area (Å²) in [4.78, 5) is 10.5. The molecule has 1 aliphatic carbocycles. The van der Waals surface area contributed by atoms with Crippen molar-refractivity contribution < 1.29 is 9.90 Å². The highest BCUT2D eigenvalue weighted by atomic mass is 16.4. The van der Waals surface area contributed by atoms with Gasteiger partial charge in [-0.15, -0.1) is 0 Å². The van der Waals surface area contributed by atoms with Crippen LogP contribution in [0.5, 0.6) is 0 Å². The highest BCUT2D eigenvalue weighted by molar-refractivity contribution is 5.67. The Balaban J connectivity index is 2.22. The molecule has 1 aliphatic rings. The Morgan fingerprint density at radius 2 is 2.12 bits per heavy atom. The lowest BCUT2D eigenvalue weighted by Gasteiger charge is -2.32. The summed E-state index contributed by atoms with van der Waals surface area (Å²) in [6.07, 6.45) is 7.52. The van der Waals surface area contributed by atoms with E-state index >= 15 is 0 Å². The van der Waals surface area contributed by atoms with Crippen LogP contribution in [-0.4, -0.2) is 17.1 Å². The summed E-state index contributed by atoms with van der Waals surface area (Å²) in [7, 11) is 0. The van der Waals surface area contributed by atoms with Gasteiger partial charge in [-0.3, -0.25) is 4.79 Å². The Morgan fingerprint density at radius 1 is 1.50 bits per heavy atom. The van der Waals surface area contributed by atoms with Crippen LogP contribution in [0.3, 0.4) is 0 Å². The summed E-state index contributed by atoms with van der Waals surface area (Å²) in [5.41, 5.74) is 6.02. The van der Waals surface area contributed by atoms with Gasteiger partial charge in [0.2, 0.25) is 0 Å². The molecule has 16 heavy (non-hydrogen) atoms. The van der Waals surface area contributed by atoms with E-state index in [1.807, 2.05) is 0 Å². The van der Waals surface area contributed by atoms with E-state index in [1.165, 1.54) is 32.1 Å². The molecule has 0 spiro atoms. The Hall–Kier alpha value is -0.570. The van der Waals surface area contributed by atoms with Crippen LogP contribution < -0.4 is 5.73 Å². The van der Waals surface area contributed by atoms with Gasteiger partial charge < -0.3 is 10.8 Å². The topological polar surface area (TPSA) is 63.3 Å². The number of carbonyl (C=O) groups is 1. The van der Waals surface area contributed by atoms with E-state index in [2.05, 4.69) is 13.8 Å². The molecule has 1 saturated carbocycles. The fourth-order valence-electron chi connectivity index (χ4n) is 2.48. The lowest BCUT2D eigenvalue weighted by molar-refractivity contribution is -0.137. The monoisotopic (exact) mass is 227 g/mol. The van der Waals surface area contributed by atoms with Gasteiger partial charge in [-0.25, -0.2) is 0 Å². The smallest absolute Gasteiger partial charge is 0.304 e. The minimum atomic E-state index is -0.790. The van der Waals surface area contributed by atoms with E-state index in [4.69, 9.17) is 10.8 Å². The van der Waals surface area contributed by atoms with Gasteiger partial charge in [-0.1, -0.05) is 33.1 Å². The maximum absolute atomic E-state index is 10.5. The van der Waals surface area contributed by atoms with E-state index in [9.17, 15) is 4.79 Å². The van der Waals surface area contributed by atoms with Crippen LogP contribution >= 0.6 is 0 Å². The zero-order chi connectivity index (χ0) is 12.2. The number of aliphatic carboxylic acids is 1. The Morgan fingerprint density at radius 3 is 2.56 bits per heavy atom. The van der Waals surface area contributed by atoms with Crippen LogP contribution in [0.25, 0.3) is 0 Å². The molecule has 3 N–H and O–H groups in total. The van der Waals surface area contributed by atoms with Crippen molar-refractivity contribution in [3.05, 3.63) is 0 Å². The third kappa shape index (κ3) is 4.97. The number of hydrogen-bond acceptors (Lipinski definition) is 2. The van der Waals surface area contributed by atoms with Gasteiger partial charge in [-0.05, 0) is 30.6 Å². The van der Waals surface area contributed by atoms with Crippen molar-refractivity contribution in [2.24, 2.45) is 17.1 Å². The predicted molar refractivity (Wildman–Crippen MR) is 65.2 cm³/mol. The van der Waals surface area contributed by atoms with Crippen molar-refractivity contribution in [3.8, 4) is 0 Å². The molecule has 3 heteroatoms. The van der Waals surface area contributed by atoms with Gasteiger partial charge in [0.05, 0.1) is 6.42 Å². The van der Waals surface area contributed by atoms with Gasteiger partial charge in [0.25, 0.3) is 0 Å². The van der Waals surface area contributed by atoms with Crippen LogP contribution in [0.4, 0.5) is 0 Å². The normalized spacial score (nSPS) is 19.2. The van der Waals surface area contributed by atoms with Gasteiger partial charge in [0.1, 0.15) is 0 Å². The summed E-state index contributed by atoms with van der Waals surface area (Å²) >= 11 is 0. The zero-order valence-corrected chi connectivity index (χ0v) is 10.5. The molecule has 94 valence electrons. The predicted octanol–water partition coefficient (Wildman–Crippen LogP) is 2.79. The quantitative estimate of drug-likeness (QED) is 0.703. The van der Waals surface area contributed by atoms with E-state index in [0.717, 1.165) is 12.3 Å². The van der Waals surface area contributed by atoms with Crippen molar-refractivity contribution in [1.29, 1.82) is 0 Å². The van der Waals surface area contributed by atoms with Gasteiger partial charge in [0.15, 0.2) is 0 Å². The van der Waals surface area contributed by atoms with Gasteiger partial charge in [-0.2, -0.15) is 0 Å². The molecule has 0 aromatic heterocycles. The highest BCUT2D eigenvalue weighted by Crippen LogP contribution is 2.36. The van der Waals surface area contributed by atoms with Gasteiger partial charge >= 0.3 is 5.97 Å². The molecule has 0 heterocycles. The Labute approximate surface area is 98.4 Å². The summed E-state index contributed by atoms with van der Waals surface area (Å²) in [6.45, 7) is 4.40. The lowest BCUT2D eigenvalue weighted by Crippen LogP contribution is -2.30. The second kappa shape index (κ2) is 5.67. The molecule has 0 radical (unpaired) electrons. The van der Waals surface area contributed by atoms with Crippen LogP contribution in [-0.2, 0) is 4.79 Å². The van der Waals surface area contributed by atoms with E-state index in [0.29, 0.717) is 0 Å². The molecule has 0 saturated heterocycles. The minimum absolute atomic E-state index is 0.0901. The average molecular weight is 227 g/mol. The number of carboxylic acids is 1. The summed E-state index contributed by atoms with van der Waals surface area (Å²) in [5.74, 6) is 0.136. The SMILES string of the molecule is CC(C)(CCC1CCC1)C[C@H](N)CC(=O)O. The molecular weight excluding hydrogens is 202 g/mol. The largest absolute Gasteiger partial charge is 0.481 e. The fraction of sp³-hybridized carbons (Fsp3) is 0.923. The third-order valence-corrected chi connectivity index (χ3v) is 3.71. The van der Waals surface area contributed by atoms with Crippen molar-refractivity contribution in [1.82, 2.24) is 0 Å². The van der Waals surface area contributed by atoms with Gasteiger partial charge in [0, 0.05) is 6.04 Å². The second-order valence-electron chi connectivity index (χ2n) is 6.06. The maximum Gasteiger partial charge on any atom is 0.304 e. The molecule has 0 aliphatic heterocycles. The molecule has 0 aromatic carbocycles. The first-order valence-corrected chi connectivity index (χ1v) is 6.36. The summed E-state index contributed by atoms with van der Waals surface area (Å²) in [6, 6.07) is -0.200. The average Bonchev–Trinajstić information content (AvgIpc) is 1.96. The maximum atomic E-state index is 10.5. The molecule has 1 fully saturated rings. The first-order valence-electron chi connectivity index (χ1n) is 6.36. The Bertz CT molecular complexity index is 234. The second-order valence-corrected chi connectivity index (χ2v) is 6.06. The van der Waals surface area contributed by atoms with Crippen molar-refractivity contribution >= 4 is 5.97 Å². The van der Waals surface area contributed by atoms with Crippen molar-refractivity contribution in [2.75, 3.05) is 0 Å². The molecule has 0 aromatic rings. The molecule has 0 bridgehead atoms. The molecule has 1 atom stereocenters. The minimum Gasteiger partial charge on any atom is -0.481 e. The highest BCUT2D eigenvalue weighted by Gasteiger charge is 2.25. The first-order chi connectivity index (χ1) is 7.39. The first kappa shape index (κ1) is 13.5. The number of rotatable bonds is 7. The Kier molecular flexibility index (Phi) is 4.78. The zero-order valence-electron chi connectivity index (χ0n) is 10.5.